The van der Waals surface area contributed by atoms with E-state index < -0.39 is 0 Å². The Morgan fingerprint density at radius 1 is 1.88 bits per heavy atom. The quantitative estimate of drug-likeness (QED) is 0.604. The van der Waals surface area contributed by atoms with Crippen LogP contribution in [0.2, 0.25) is 0 Å². The van der Waals surface area contributed by atoms with Crippen molar-refractivity contribution in [3.8, 4) is 0 Å². The first-order valence-corrected chi connectivity index (χ1v) is 4.87. The monoisotopic (exact) mass is 193 g/mol. The maximum atomic E-state index is 10.5. The van der Waals surface area contributed by atoms with E-state index in [9.17, 15) is 4.79 Å². The molecule has 0 aliphatic carbocycles. The molecule has 0 saturated carbocycles. The van der Waals surface area contributed by atoms with Crippen LogP contribution in [0.15, 0.2) is 0 Å². The van der Waals surface area contributed by atoms with E-state index >= 15 is 0 Å². The van der Waals surface area contributed by atoms with Crippen LogP contribution < -0.4 is 0 Å². The Morgan fingerprint density at radius 3 is 2.50 bits per heavy atom. The van der Waals surface area contributed by atoms with Crippen LogP contribution in [-0.2, 0) is 4.79 Å². The first-order valence-electron chi connectivity index (χ1n) is 2.43. The van der Waals surface area contributed by atoms with Gasteiger partial charge in [-0.2, -0.15) is 0 Å². The van der Waals surface area contributed by atoms with Gasteiger partial charge in [0.25, 0.3) is 0 Å². The van der Waals surface area contributed by atoms with E-state index in [1.807, 2.05) is 13.2 Å². The molecule has 0 spiro atoms. The van der Waals surface area contributed by atoms with E-state index in [1.165, 1.54) is 0 Å². The predicted octanol–water partition coefficient (Wildman–Crippen LogP) is 0.413. The van der Waals surface area contributed by atoms with Crippen LogP contribution in [0.4, 0.5) is 0 Å². The summed E-state index contributed by atoms with van der Waals surface area (Å²) >= 11 is 3.36. The van der Waals surface area contributed by atoms with Gasteiger partial charge in [0.15, 0.2) is 0 Å². The van der Waals surface area contributed by atoms with Crippen LogP contribution in [0.3, 0.4) is 0 Å². The van der Waals surface area contributed by atoms with Gasteiger partial charge in [0.2, 0.25) is 0 Å². The minimum atomic E-state index is 0.241. The third-order valence-electron chi connectivity index (χ3n) is 0.864. The van der Waals surface area contributed by atoms with Crippen molar-refractivity contribution in [1.29, 1.82) is 0 Å². The molecule has 0 aromatic rings. The molecule has 8 heavy (non-hydrogen) atoms. The number of hydrogen-bond donors (Lipinski definition) is 0. The Kier molecular flexibility index (Phi) is 4.78. The summed E-state index contributed by atoms with van der Waals surface area (Å²) in [6.45, 7) is 1.96. The Morgan fingerprint density at radius 2 is 2.38 bits per heavy atom. The third kappa shape index (κ3) is 3.56. The molecule has 3 heteroatoms. The number of carbonyl (C=O) groups is 1. The standard InChI is InChI=1S/C5H10AsOS/c1-4(3-8-2)5(6)7/h4,6H,3H2,1-2H3. The first-order chi connectivity index (χ1) is 3.68. The molecule has 0 aromatic carbocycles. The van der Waals surface area contributed by atoms with Crippen molar-refractivity contribution in [3.05, 3.63) is 0 Å². The molecule has 0 fully saturated rings. The number of thioether (sulfide) groups is 1. The fraction of sp³-hybridized carbons (Fsp3) is 0.800. The number of carbonyl (C=O) groups excluding carboxylic acids is 1. The zero-order valence-corrected chi connectivity index (χ0v) is 8.02. The Hall–Kier alpha value is 0.578. The van der Waals surface area contributed by atoms with Gasteiger partial charge in [-0.3, -0.25) is 0 Å². The summed E-state index contributed by atoms with van der Waals surface area (Å²) in [6.07, 6.45) is 2.01. The van der Waals surface area contributed by atoms with Gasteiger partial charge in [-0.1, -0.05) is 0 Å². The molecule has 0 aliphatic heterocycles. The molecule has 47 valence electrons. The first kappa shape index (κ1) is 8.58. The summed E-state index contributed by atoms with van der Waals surface area (Å²) in [5.74, 6) is 1.19. The topological polar surface area (TPSA) is 17.1 Å². The van der Waals surface area contributed by atoms with Crippen LogP contribution >= 0.6 is 11.8 Å². The average Bonchev–Trinajstić information content (AvgIpc) is 1.67. The molecule has 0 N–H and O–H groups in total. The van der Waals surface area contributed by atoms with Crippen molar-refractivity contribution in [2.45, 2.75) is 6.92 Å². The molecule has 1 unspecified atom stereocenters. The molecule has 0 heterocycles. The molecule has 0 rings (SSSR count). The molecule has 0 aliphatic rings. The van der Waals surface area contributed by atoms with E-state index in [1.54, 1.807) is 28.6 Å². The van der Waals surface area contributed by atoms with Crippen molar-refractivity contribution in [1.82, 2.24) is 0 Å². The van der Waals surface area contributed by atoms with Gasteiger partial charge in [0.1, 0.15) is 0 Å². The zero-order chi connectivity index (χ0) is 6.57. The second kappa shape index (κ2) is 4.46. The summed E-state index contributed by atoms with van der Waals surface area (Å²) in [5.41, 5.74) is 0. The molecule has 0 bridgehead atoms. The fourth-order valence-electron chi connectivity index (χ4n) is 0.326. The molecule has 0 aromatic heterocycles. The van der Waals surface area contributed by atoms with Gasteiger partial charge in [-0.05, 0) is 0 Å². The van der Waals surface area contributed by atoms with Crippen LogP contribution in [0.1, 0.15) is 6.92 Å². The number of rotatable bonds is 3. The van der Waals surface area contributed by atoms with Crippen molar-refractivity contribution in [2.24, 2.45) is 5.92 Å². The van der Waals surface area contributed by atoms with Gasteiger partial charge >= 0.3 is 62.8 Å². The Bertz CT molecular complexity index is 84.5. The van der Waals surface area contributed by atoms with Crippen LogP contribution in [-0.4, -0.2) is 33.4 Å². The van der Waals surface area contributed by atoms with Crippen molar-refractivity contribution in [3.63, 3.8) is 0 Å². The predicted molar refractivity (Wildman–Crippen MR) is 39.7 cm³/mol. The Labute approximate surface area is 63.1 Å². The van der Waals surface area contributed by atoms with Gasteiger partial charge in [0.05, 0.1) is 0 Å². The van der Waals surface area contributed by atoms with E-state index in [0.29, 0.717) is 4.57 Å². The van der Waals surface area contributed by atoms with E-state index in [-0.39, 0.29) is 5.92 Å². The number of hydrogen-bond acceptors (Lipinski definition) is 2. The molecular formula is C5H10AsOS. The molecular weight excluding hydrogens is 183 g/mol. The zero-order valence-electron chi connectivity index (χ0n) is 5.10. The molecule has 0 saturated heterocycles. The van der Waals surface area contributed by atoms with Gasteiger partial charge in [0, 0.05) is 0 Å². The summed E-state index contributed by atoms with van der Waals surface area (Å²) in [4.78, 5) is 10.5. The summed E-state index contributed by atoms with van der Waals surface area (Å²) < 4.78 is 0.291. The normalized spacial score (nSPS) is 13.4. The van der Waals surface area contributed by atoms with Crippen LogP contribution in [0.5, 0.6) is 0 Å². The van der Waals surface area contributed by atoms with E-state index in [0.717, 1.165) is 5.75 Å². The van der Waals surface area contributed by atoms with Crippen molar-refractivity contribution >= 4 is 33.2 Å². The Balaban J connectivity index is 3.32. The second-order valence-corrected chi connectivity index (χ2v) is 3.67. The fourth-order valence-corrected chi connectivity index (χ4v) is 1.50. The third-order valence-corrected chi connectivity index (χ3v) is 2.73. The van der Waals surface area contributed by atoms with Gasteiger partial charge in [-0.25, -0.2) is 0 Å². The molecule has 0 amide bonds. The van der Waals surface area contributed by atoms with Crippen LogP contribution in [0.25, 0.3) is 0 Å². The minimum absolute atomic E-state index is 0.241. The van der Waals surface area contributed by atoms with Crippen molar-refractivity contribution < 1.29 is 4.79 Å². The maximum absolute atomic E-state index is 10.5. The summed E-state index contributed by atoms with van der Waals surface area (Å²) in [5, 5.41) is 0. The van der Waals surface area contributed by atoms with Crippen molar-refractivity contribution in [2.75, 3.05) is 12.0 Å². The second-order valence-electron chi connectivity index (χ2n) is 1.72. The summed E-state index contributed by atoms with van der Waals surface area (Å²) in [7, 11) is 0. The molecule has 1 atom stereocenters. The van der Waals surface area contributed by atoms with Gasteiger partial charge < -0.3 is 0 Å². The van der Waals surface area contributed by atoms with E-state index in [2.05, 4.69) is 0 Å². The van der Waals surface area contributed by atoms with Crippen LogP contribution in [0, 0.1) is 5.92 Å². The SMILES string of the molecule is CSCC(C)C(=O)[AsH]. The molecule has 1 radical (unpaired) electrons. The average molecular weight is 193 g/mol. The van der Waals surface area contributed by atoms with E-state index in [4.69, 9.17) is 0 Å². The summed E-state index contributed by atoms with van der Waals surface area (Å²) in [6, 6.07) is 0. The van der Waals surface area contributed by atoms with Gasteiger partial charge in [-0.15, -0.1) is 0 Å². The molecule has 1 nitrogen and oxygen atoms in total.